The van der Waals surface area contributed by atoms with Crippen LogP contribution < -0.4 is 5.73 Å². The maximum Gasteiger partial charge on any atom is 0.242 e. The molecule has 0 spiro atoms. The minimum atomic E-state index is -0.728. The predicted octanol–water partition coefficient (Wildman–Crippen LogP) is 1.22. The third-order valence-electron chi connectivity index (χ3n) is 3.93. The maximum absolute atomic E-state index is 12.3. The fourth-order valence-electron chi connectivity index (χ4n) is 2.33. The van der Waals surface area contributed by atoms with Gasteiger partial charge >= 0.3 is 0 Å². The van der Waals surface area contributed by atoms with E-state index in [1.165, 1.54) is 0 Å². The summed E-state index contributed by atoms with van der Waals surface area (Å²) in [6.07, 6.45) is 0.671. The number of nitrogens with zero attached hydrogens (tertiary/aromatic N) is 3. The first-order valence-electron chi connectivity index (χ1n) is 7.14. The van der Waals surface area contributed by atoms with Gasteiger partial charge in [-0.15, -0.1) is 11.3 Å². The zero-order chi connectivity index (χ0) is 14.8. The van der Waals surface area contributed by atoms with Crippen LogP contribution >= 0.6 is 11.3 Å². The molecule has 1 fully saturated rings. The van der Waals surface area contributed by atoms with Crippen LogP contribution in [0.4, 0.5) is 0 Å². The first-order valence-corrected chi connectivity index (χ1v) is 8.02. The van der Waals surface area contributed by atoms with Crippen molar-refractivity contribution in [2.45, 2.75) is 39.3 Å². The molecule has 2 rings (SSSR count). The van der Waals surface area contributed by atoms with Crippen molar-refractivity contribution >= 4 is 17.2 Å². The number of rotatable bonds is 4. The van der Waals surface area contributed by atoms with Crippen LogP contribution in [0.25, 0.3) is 0 Å². The van der Waals surface area contributed by atoms with Gasteiger partial charge in [-0.05, 0) is 20.3 Å². The van der Waals surface area contributed by atoms with Gasteiger partial charge in [0.15, 0.2) is 0 Å². The quantitative estimate of drug-likeness (QED) is 0.907. The Morgan fingerprint density at radius 2 is 2.10 bits per heavy atom. The second-order valence-corrected chi connectivity index (χ2v) is 6.76. The molecule has 1 aliphatic rings. The van der Waals surface area contributed by atoms with Crippen molar-refractivity contribution in [2.24, 2.45) is 5.73 Å². The average molecular weight is 296 g/mol. The molecule has 0 aliphatic carbocycles. The number of hydrogen-bond donors (Lipinski definition) is 1. The van der Waals surface area contributed by atoms with Crippen LogP contribution in [0.1, 0.15) is 31.0 Å². The van der Waals surface area contributed by atoms with Gasteiger partial charge in [-0.2, -0.15) is 0 Å². The number of piperazine rings is 1. The minimum absolute atomic E-state index is 0.0733. The van der Waals surface area contributed by atoms with E-state index in [4.69, 9.17) is 5.73 Å². The molecule has 1 saturated heterocycles. The van der Waals surface area contributed by atoms with Crippen molar-refractivity contribution in [3.05, 3.63) is 16.1 Å². The summed E-state index contributed by atoms with van der Waals surface area (Å²) in [6, 6.07) is 0. The number of thiazole rings is 1. The second kappa shape index (κ2) is 6.20. The molecule has 2 heterocycles. The first-order chi connectivity index (χ1) is 9.42. The van der Waals surface area contributed by atoms with Crippen LogP contribution in [0, 0.1) is 6.92 Å². The van der Waals surface area contributed by atoms with E-state index >= 15 is 0 Å². The van der Waals surface area contributed by atoms with E-state index in [2.05, 4.69) is 15.3 Å². The molecule has 20 heavy (non-hydrogen) atoms. The number of nitrogens with two attached hydrogens (primary N) is 1. The SMILES string of the molecule is CCC(C)(N)C(=O)N1CCN(Cc2csc(C)n2)CC1. The summed E-state index contributed by atoms with van der Waals surface area (Å²) in [4.78, 5) is 21.0. The summed E-state index contributed by atoms with van der Waals surface area (Å²) in [7, 11) is 0. The lowest BCUT2D eigenvalue weighted by Gasteiger charge is -2.38. The maximum atomic E-state index is 12.3. The van der Waals surface area contributed by atoms with Crippen molar-refractivity contribution in [3.63, 3.8) is 0 Å². The monoisotopic (exact) mass is 296 g/mol. The van der Waals surface area contributed by atoms with E-state index in [1.807, 2.05) is 25.7 Å². The number of carbonyl (C=O) groups excluding carboxylic acids is 1. The normalized spacial score (nSPS) is 19.9. The van der Waals surface area contributed by atoms with Gasteiger partial charge in [0, 0.05) is 38.1 Å². The van der Waals surface area contributed by atoms with Crippen molar-refractivity contribution in [1.29, 1.82) is 0 Å². The highest BCUT2D eigenvalue weighted by atomic mass is 32.1. The van der Waals surface area contributed by atoms with Crippen LogP contribution in [0.15, 0.2) is 5.38 Å². The minimum Gasteiger partial charge on any atom is -0.339 e. The molecule has 0 aromatic carbocycles. The van der Waals surface area contributed by atoms with E-state index in [1.54, 1.807) is 11.3 Å². The number of hydrogen-bond acceptors (Lipinski definition) is 5. The third kappa shape index (κ3) is 3.56. The van der Waals surface area contributed by atoms with Crippen molar-refractivity contribution in [2.75, 3.05) is 26.2 Å². The molecule has 1 unspecified atom stereocenters. The van der Waals surface area contributed by atoms with E-state index in [0.29, 0.717) is 6.42 Å². The van der Waals surface area contributed by atoms with Crippen LogP contribution in [-0.2, 0) is 11.3 Å². The van der Waals surface area contributed by atoms with Crippen LogP contribution in [-0.4, -0.2) is 52.4 Å². The fraction of sp³-hybridized carbons (Fsp3) is 0.714. The molecule has 0 saturated carbocycles. The van der Waals surface area contributed by atoms with Crippen molar-refractivity contribution in [1.82, 2.24) is 14.8 Å². The van der Waals surface area contributed by atoms with Crippen LogP contribution in [0.5, 0.6) is 0 Å². The van der Waals surface area contributed by atoms with Gasteiger partial charge < -0.3 is 10.6 Å². The molecular weight excluding hydrogens is 272 g/mol. The average Bonchev–Trinajstić information content (AvgIpc) is 2.84. The molecule has 2 N–H and O–H groups in total. The first kappa shape index (κ1) is 15.4. The Labute approximate surface area is 124 Å². The molecular formula is C14H24N4OS. The summed E-state index contributed by atoms with van der Waals surface area (Å²) in [5.74, 6) is 0.0733. The molecule has 0 bridgehead atoms. The van der Waals surface area contributed by atoms with Gasteiger partial charge in [0.25, 0.3) is 0 Å². The highest BCUT2D eigenvalue weighted by molar-refractivity contribution is 7.09. The third-order valence-corrected chi connectivity index (χ3v) is 4.76. The Morgan fingerprint density at radius 1 is 1.45 bits per heavy atom. The lowest BCUT2D eigenvalue weighted by Crippen LogP contribution is -2.57. The van der Waals surface area contributed by atoms with Crippen LogP contribution in [0.3, 0.4) is 0 Å². The lowest BCUT2D eigenvalue weighted by molar-refractivity contribution is -0.138. The number of aromatic nitrogens is 1. The van der Waals surface area contributed by atoms with Gasteiger partial charge in [0.2, 0.25) is 5.91 Å². The Morgan fingerprint density at radius 3 is 2.60 bits per heavy atom. The molecule has 0 radical (unpaired) electrons. The second-order valence-electron chi connectivity index (χ2n) is 5.70. The molecule has 1 aromatic rings. The van der Waals surface area contributed by atoms with Crippen molar-refractivity contribution < 1.29 is 4.79 Å². The predicted molar refractivity (Wildman–Crippen MR) is 81.6 cm³/mol. The molecule has 1 aromatic heterocycles. The molecule has 6 heteroatoms. The standard InChI is InChI=1S/C14H24N4OS/c1-4-14(3,15)13(19)18-7-5-17(6-8-18)9-12-10-20-11(2)16-12/h10H,4-9,15H2,1-3H3. The van der Waals surface area contributed by atoms with E-state index < -0.39 is 5.54 Å². The van der Waals surface area contributed by atoms with E-state index in [-0.39, 0.29) is 5.91 Å². The number of amides is 1. The van der Waals surface area contributed by atoms with Gasteiger partial charge in [-0.1, -0.05) is 6.92 Å². The number of aryl methyl sites for hydroxylation is 1. The van der Waals surface area contributed by atoms with Gasteiger partial charge in [-0.25, -0.2) is 4.98 Å². The molecule has 5 nitrogen and oxygen atoms in total. The number of carbonyl (C=O) groups is 1. The van der Waals surface area contributed by atoms with Gasteiger partial charge in [-0.3, -0.25) is 9.69 Å². The summed E-state index contributed by atoms with van der Waals surface area (Å²) in [5, 5.41) is 3.22. The zero-order valence-electron chi connectivity index (χ0n) is 12.6. The molecule has 1 amide bonds. The van der Waals surface area contributed by atoms with Gasteiger partial charge in [0.05, 0.1) is 16.2 Å². The fourth-order valence-corrected chi connectivity index (χ4v) is 2.94. The Balaban J connectivity index is 1.85. The summed E-state index contributed by atoms with van der Waals surface area (Å²) < 4.78 is 0. The Hall–Kier alpha value is -0.980. The molecule has 1 atom stereocenters. The van der Waals surface area contributed by atoms with E-state index in [0.717, 1.165) is 43.4 Å². The van der Waals surface area contributed by atoms with Gasteiger partial charge in [0.1, 0.15) is 0 Å². The Bertz CT molecular complexity index is 463. The summed E-state index contributed by atoms with van der Waals surface area (Å²) >= 11 is 1.69. The summed E-state index contributed by atoms with van der Waals surface area (Å²) in [6.45, 7) is 9.98. The molecule has 112 valence electrons. The summed E-state index contributed by atoms with van der Waals surface area (Å²) in [5.41, 5.74) is 6.44. The highest BCUT2D eigenvalue weighted by Crippen LogP contribution is 2.15. The van der Waals surface area contributed by atoms with Crippen molar-refractivity contribution in [3.8, 4) is 0 Å². The highest BCUT2D eigenvalue weighted by Gasteiger charge is 2.32. The largest absolute Gasteiger partial charge is 0.339 e. The topological polar surface area (TPSA) is 62.5 Å². The van der Waals surface area contributed by atoms with Crippen LogP contribution in [0.2, 0.25) is 0 Å². The Kier molecular flexibility index (Phi) is 4.78. The lowest BCUT2D eigenvalue weighted by atomic mass is 9.98. The molecule has 1 aliphatic heterocycles. The zero-order valence-corrected chi connectivity index (χ0v) is 13.4. The smallest absolute Gasteiger partial charge is 0.242 e. The van der Waals surface area contributed by atoms with E-state index in [9.17, 15) is 4.79 Å².